The maximum Gasteiger partial charge on any atom is 0.117 e. The molecule has 0 aliphatic heterocycles. The van der Waals surface area contributed by atoms with Crippen molar-refractivity contribution in [2.45, 2.75) is 39.2 Å². The molecule has 1 aromatic rings. The minimum absolute atomic E-state index is 0.706. The number of hydrogen-bond donors (Lipinski definition) is 1. The highest BCUT2D eigenvalue weighted by Crippen LogP contribution is 2.47. The molecule has 88 valence electrons. The second kappa shape index (κ2) is 3.92. The van der Waals surface area contributed by atoms with E-state index in [9.17, 15) is 0 Å². The van der Waals surface area contributed by atoms with E-state index in [0.717, 1.165) is 36.6 Å². The molecule has 1 heterocycles. The Labute approximate surface area is 97.4 Å². The van der Waals surface area contributed by atoms with Crippen molar-refractivity contribution in [3.8, 4) is 0 Å². The van der Waals surface area contributed by atoms with Gasteiger partial charge in [0.15, 0.2) is 0 Å². The van der Waals surface area contributed by atoms with E-state index >= 15 is 0 Å². The van der Waals surface area contributed by atoms with Crippen molar-refractivity contribution in [2.24, 2.45) is 17.8 Å². The van der Waals surface area contributed by atoms with E-state index in [4.69, 9.17) is 4.42 Å². The molecule has 0 saturated heterocycles. The summed E-state index contributed by atoms with van der Waals surface area (Å²) in [7, 11) is 0. The fourth-order valence-corrected chi connectivity index (χ4v) is 2.47. The van der Waals surface area contributed by atoms with Crippen molar-refractivity contribution in [3.63, 3.8) is 0 Å². The smallest absolute Gasteiger partial charge is 0.117 e. The molecule has 0 radical (unpaired) electrons. The van der Waals surface area contributed by atoms with E-state index in [0.29, 0.717) is 5.92 Å². The molecule has 2 heteroatoms. The van der Waals surface area contributed by atoms with Gasteiger partial charge in [0.2, 0.25) is 0 Å². The lowest BCUT2D eigenvalue weighted by Gasteiger charge is -2.00. The summed E-state index contributed by atoms with van der Waals surface area (Å²) in [6.45, 7) is 6.66. The van der Waals surface area contributed by atoms with Crippen molar-refractivity contribution >= 4 is 0 Å². The van der Waals surface area contributed by atoms with Crippen LogP contribution in [0.3, 0.4) is 0 Å². The van der Waals surface area contributed by atoms with Gasteiger partial charge in [0, 0.05) is 5.92 Å². The first kappa shape index (κ1) is 10.4. The molecule has 3 rings (SSSR count). The van der Waals surface area contributed by atoms with Crippen LogP contribution in [0.2, 0.25) is 0 Å². The average molecular weight is 219 g/mol. The van der Waals surface area contributed by atoms with Crippen LogP contribution in [-0.4, -0.2) is 6.54 Å². The summed E-state index contributed by atoms with van der Waals surface area (Å²) in [5.74, 6) is 5.69. The Morgan fingerprint density at radius 2 is 2.00 bits per heavy atom. The molecule has 0 amide bonds. The largest absolute Gasteiger partial charge is 0.464 e. The Hall–Kier alpha value is -0.760. The lowest BCUT2D eigenvalue weighted by Crippen LogP contribution is -2.16. The van der Waals surface area contributed by atoms with E-state index in [1.165, 1.54) is 18.6 Å². The lowest BCUT2D eigenvalue weighted by atomic mass is 10.3. The number of furan rings is 1. The third kappa shape index (κ3) is 2.17. The predicted molar refractivity (Wildman–Crippen MR) is 64.2 cm³/mol. The van der Waals surface area contributed by atoms with Gasteiger partial charge in [-0.05, 0) is 49.3 Å². The molecule has 2 fully saturated rings. The SMILES string of the molecule is CC1CC1CNCc1ccc(C2CC2C)o1. The Morgan fingerprint density at radius 1 is 1.25 bits per heavy atom. The first-order valence-electron chi connectivity index (χ1n) is 6.53. The van der Waals surface area contributed by atoms with Crippen molar-refractivity contribution in [1.82, 2.24) is 5.32 Å². The fraction of sp³-hybridized carbons (Fsp3) is 0.714. The van der Waals surface area contributed by atoms with Crippen LogP contribution in [0.1, 0.15) is 44.1 Å². The summed E-state index contributed by atoms with van der Waals surface area (Å²) < 4.78 is 5.84. The topological polar surface area (TPSA) is 25.2 Å². The molecule has 2 aliphatic carbocycles. The molecular formula is C14H21NO. The summed E-state index contributed by atoms with van der Waals surface area (Å²) >= 11 is 0. The predicted octanol–water partition coefficient (Wildman–Crippen LogP) is 3.15. The zero-order chi connectivity index (χ0) is 11.1. The van der Waals surface area contributed by atoms with Gasteiger partial charge >= 0.3 is 0 Å². The zero-order valence-electron chi connectivity index (χ0n) is 10.2. The summed E-state index contributed by atoms with van der Waals surface area (Å²) in [5.41, 5.74) is 0. The first-order valence-corrected chi connectivity index (χ1v) is 6.53. The first-order chi connectivity index (χ1) is 7.74. The number of nitrogens with one attached hydrogen (secondary N) is 1. The van der Waals surface area contributed by atoms with E-state index < -0.39 is 0 Å². The van der Waals surface area contributed by atoms with Gasteiger partial charge in [-0.2, -0.15) is 0 Å². The normalized spacial score (nSPS) is 36.4. The highest BCUT2D eigenvalue weighted by molar-refractivity contribution is 5.17. The molecule has 2 aliphatic rings. The van der Waals surface area contributed by atoms with E-state index in [2.05, 4.69) is 31.3 Å². The van der Waals surface area contributed by atoms with Crippen LogP contribution in [0.4, 0.5) is 0 Å². The lowest BCUT2D eigenvalue weighted by molar-refractivity contribution is 0.440. The molecule has 2 saturated carbocycles. The van der Waals surface area contributed by atoms with Crippen LogP contribution in [0.5, 0.6) is 0 Å². The van der Waals surface area contributed by atoms with Crippen LogP contribution >= 0.6 is 0 Å². The Bertz CT molecular complexity index is 371. The maximum absolute atomic E-state index is 5.84. The van der Waals surface area contributed by atoms with E-state index in [1.807, 2.05) is 0 Å². The minimum Gasteiger partial charge on any atom is -0.464 e. The van der Waals surface area contributed by atoms with Crippen LogP contribution in [0.15, 0.2) is 16.5 Å². The van der Waals surface area contributed by atoms with Crippen molar-refractivity contribution in [3.05, 3.63) is 23.7 Å². The van der Waals surface area contributed by atoms with Crippen LogP contribution in [0.25, 0.3) is 0 Å². The zero-order valence-corrected chi connectivity index (χ0v) is 10.2. The van der Waals surface area contributed by atoms with Crippen LogP contribution in [-0.2, 0) is 6.54 Å². The van der Waals surface area contributed by atoms with Gasteiger partial charge in [-0.1, -0.05) is 13.8 Å². The third-order valence-electron chi connectivity index (χ3n) is 4.14. The quantitative estimate of drug-likeness (QED) is 0.823. The van der Waals surface area contributed by atoms with Gasteiger partial charge in [0.1, 0.15) is 11.5 Å². The second-order valence-electron chi connectivity index (χ2n) is 5.73. The van der Waals surface area contributed by atoms with Crippen LogP contribution in [0, 0.1) is 17.8 Å². The molecular weight excluding hydrogens is 198 g/mol. The summed E-state index contributed by atoms with van der Waals surface area (Å²) in [5, 5.41) is 3.48. The maximum atomic E-state index is 5.84. The van der Waals surface area contributed by atoms with Crippen molar-refractivity contribution in [1.29, 1.82) is 0 Å². The Morgan fingerprint density at radius 3 is 2.62 bits per heavy atom. The highest BCUT2D eigenvalue weighted by Gasteiger charge is 2.36. The Kier molecular flexibility index (Phi) is 2.55. The molecule has 4 atom stereocenters. The van der Waals surface area contributed by atoms with Gasteiger partial charge in [0.25, 0.3) is 0 Å². The monoisotopic (exact) mass is 219 g/mol. The van der Waals surface area contributed by atoms with E-state index in [1.54, 1.807) is 0 Å². The van der Waals surface area contributed by atoms with Gasteiger partial charge in [-0.3, -0.25) is 0 Å². The van der Waals surface area contributed by atoms with Crippen LogP contribution < -0.4 is 5.32 Å². The number of rotatable bonds is 5. The molecule has 4 unspecified atom stereocenters. The fourth-order valence-electron chi connectivity index (χ4n) is 2.47. The number of hydrogen-bond acceptors (Lipinski definition) is 2. The molecule has 16 heavy (non-hydrogen) atoms. The molecule has 0 bridgehead atoms. The van der Waals surface area contributed by atoms with Crippen molar-refractivity contribution in [2.75, 3.05) is 6.54 Å². The van der Waals surface area contributed by atoms with E-state index in [-0.39, 0.29) is 0 Å². The molecule has 0 aromatic carbocycles. The minimum atomic E-state index is 0.706. The molecule has 1 aromatic heterocycles. The van der Waals surface area contributed by atoms with Gasteiger partial charge in [0.05, 0.1) is 6.54 Å². The molecule has 0 spiro atoms. The molecule has 1 N–H and O–H groups in total. The third-order valence-corrected chi connectivity index (χ3v) is 4.14. The molecule has 2 nitrogen and oxygen atoms in total. The average Bonchev–Trinajstić information content (AvgIpc) is 3.09. The second-order valence-corrected chi connectivity index (χ2v) is 5.73. The van der Waals surface area contributed by atoms with Gasteiger partial charge in [-0.15, -0.1) is 0 Å². The van der Waals surface area contributed by atoms with Gasteiger partial charge < -0.3 is 9.73 Å². The van der Waals surface area contributed by atoms with Crippen molar-refractivity contribution < 1.29 is 4.42 Å². The Balaban J connectivity index is 1.45. The highest BCUT2D eigenvalue weighted by atomic mass is 16.3. The van der Waals surface area contributed by atoms with Gasteiger partial charge in [-0.25, -0.2) is 0 Å². The summed E-state index contributed by atoms with van der Waals surface area (Å²) in [6.07, 6.45) is 2.70. The standard InChI is InChI=1S/C14H21NO/c1-9-5-11(9)7-15-8-12-3-4-14(16-12)13-6-10(13)2/h3-4,9-11,13,15H,5-8H2,1-2H3. The summed E-state index contributed by atoms with van der Waals surface area (Å²) in [6, 6.07) is 4.29. The summed E-state index contributed by atoms with van der Waals surface area (Å²) in [4.78, 5) is 0.